The van der Waals surface area contributed by atoms with Gasteiger partial charge in [-0.05, 0) is 12.8 Å². The molecule has 1 aliphatic heterocycles. The van der Waals surface area contributed by atoms with Gasteiger partial charge in [0.25, 0.3) is 0 Å². The summed E-state index contributed by atoms with van der Waals surface area (Å²) in [5, 5.41) is 18.2. The Kier molecular flexibility index (Phi) is 4.88. The van der Waals surface area contributed by atoms with E-state index >= 15 is 0 Å². The van der Waals surface area contributed by atoms with Crippen LogP contribution in [0.5, 0.6) is 0 Å². The van der Waals surface area contributed by atoms with Gasteiger partial charge in [0.1, 0.15) is 11.6 Å². The summed E-state index contributed by atoms with van der Waals surface area (Å²) in [5.74, 6) is -2.83. The molecule has 1 heterocycles. The zero-order chi connectivity index (χ0) is 14.6. The van der Waals surface area contributed by atoms with E-state index in [9.17, 15) is 19.5 Å². The second-order valence-corrected chi connectivity index (χ2v) is 4.54. The maximum Gasteiger partial charge on any atom is 0.326 e. The van der Waals surface area contributed by atoms with Crippen molar-refractivity contribution >= 4 is 17.9 Å². The first kappa shape index (κ1) is 15.4. The van der Waals surface area contributed by atoms with Gasteiger partial charge in [-0.2, -0.15) is 0 Å². The molecule has 0 aromatic rings. The number of carbonyl (C=O) groups excluding carboxylic acids is 1. The van der Waals surface area contributed by atoms with Gasteiger partial charge in [0, 0.05) is 6.42 Å². The molecule has 0 saturated carbocycles. The van der Waals surface area contributed by atoms with Crippen LogP contribution in [0.2, 0.25) is 0 Å². The molecule has 1 saturated heterocycles. The predicted molar refractivity (Wildman–Crippen MR) is 64.7 cm³/mol. The molecular weight excluding hydrogens is 254 g/mol. The second kappa shape index (κ2) is 6.01. The average Bonchev–Trinajstić information content (AvgIpc) is 2.47. The van der Waals surface area contributed by atoms with Crippen molar-refractivity contribution < 1.29 is 29.3 Å². The van der Waals surface area contributed by atoms with Crippen LogP contribution in [0.4, 0.5) is 0 Å². The lowest BCUT2D eigenvalue weighted by atomic mass is 9.89. The molecule has 1 aliphatic rings. The zero-order valence-corrected chi connectivity index (χ0v) is 11.1. The summed E-state index contributed by atoms with van der Waals surface area (Å²) in [7, 11) is 0. The van der Waals surface area contributed by atoms with Crippen LogP contribution in [-0.4, -0.2) is 57.8 Å². The molecule has 7 heteroatoms. The molecule has 0 amide bonds. The van der Waals surface area contributed by atoms with E-state index in [1.165, 1.54) is 4.90 Å². The largest absolute Gasteiger partial charge is 0.480 e. The fourth-order valence-corrected chi connectivity index (χ4v) is 2.58. The number of aliphatic carboxylic acids is 2. The summed E-state index contributed by atoms with van der Waals surface area (Å²) in [6.07, 6.45) is 0.703. The molecular formula is C12H19NO6. The number of esters is 1. The number of carboxylic acid groups (broad SMARTS) is 2. The van der Waals surface area contributed by atoms with Crippen molar-refractivity contribution in [3.63, 3.8) is 0 Å². The number of cyclic esters (lactones) is 1. The molecule has 7 nitrogen and oxygen atoms in total. The third-order valence-corrected chi connectivity index (χ3v) is 3.69. The molecule has 1 rings (SSSR count). The Hall–Kier alpha value is -1.63. The number of hydrogen-bond donors (Lipinski definition) is 2. The van der Waals surface area contributed by atoms with Gasteiger partial charge < -0.3 is 14.9 Å². The maximum absolute atomic E-state index is 12.1. The summed E-state index contributed by atoms with van der Waals surface area (Å²) in [6.45, 7) is 2.95. The third kappa shape index (κ3) is 2.86. The molecule has 0 spiro atoms. The minimum absolute atomic E-state index is 0.00628. The number of nitrogens with zero attached hydrogens (tertiary/aromatic N) is 1. The highest BCUT2D eigenvalue weighted by Crippen LogP contribution is 2.31. The number of carboxylic acids is 2. The monoisotopic (exact) mass is 273 g/mol. The lowest BCUT2D eigenvalue weighted by Crippen LogP contribution is -2.60. The molecule has 108 valence electrons. The van der Waals surface area contributed by atoms with Crippen LogP contribution >= 0.6 is 0 Å². The van der Waals surface area contributed by atoms with E-state index in [0.29, 0.717) is 12.8 Å². The molecule has 19 heavy (non-hydrogen) atoms. The first-order valence-electron chi connectivity index (χ1n) is 6.27. The maximum atomic E-state index is 12.1. The number of ether oxygens (including phenoxy) is 1. The van der Waals surface area contributed by atoms with Gasteiger partial charge in [-0.3, -0.25) is 19.3 Å². The average molecular weight is 273 g/mol. The summed E-state index contributed by atoms with van der Waals surface area (Å²) in [4.78, 5) is 35.7. The van der Waals surface area contributed by atoms with Crippen LogP contribution in [0, 0.1) is 0 Å². The van der Waals surface area contributed by atoms with Gasteiger partial charge in [-0.15, -0.1) is 0 Å². The van der Waals surface area contributed by atoms with Crippen molar-refractivity contribution in [3.8, 4) is 0 Å². The van der Waals surface area contributed by atoms with Gasteiger partial charge in [0.2, 0.25) is 0 Å². The van der Waals surface area contributed by atoms with Crippen LogP contribution < -0.4 is 0 Å². The molecule has 1 fully saturated rings. The molecule has 0 aliphatic carbocycles. The van der Waals surface area contributed by atoms with Crippen molar-refractivity contribution in [1.82, 2.24) is 4.90 Å². The predicted octanol–water partition coefficient (Wildman–Crippen LogP) is 0.332. The number of hydrogen-bond acceptors (Lipinski definition) is 5. The molecule has 1 atom stereocenters. The number of rotatable bonds is 5. The van der Waals surface area contributed by atoms with Crippen LogP contribution in [0.15, 0.2) is 0 Å². The van der Waals surface area contributed by atoms with Crippen molar-refractivity contribution in [2.45, 2.75) is 44.7 Å². The van der Waals surface area contributed by atoms with Gasteiger partial charge in [-0.25, -0.2) is 0 Å². The smallest absolute Gasteiger partial charge is 0.326 e. The van der Waals surface area contributed by atoms with Gasteiger partial charge in [0.15, 0.2) is 0 Å². The molecule has 2 N–H and O–H groups in total. The lowest BCUT2D eigenvalue weighted by Gasteiger charge is -2.40. The van der Waals surface area contributed by atoms with Gasteiger partial charge in [0.05, 0.1) is 13.2 Å². The Morgan fingerprint density at radius 3 is 2.37 bits per heavy atom. The molecule has 0 aromatic heterocycles. The Morgan fingerprint density at radius 2 is 1.95 bits per heavy atom. The van der Waals surface area contributed by atoms with Crippen molar-refractivity contribution in [3.05, 3.63) is 0 Å². The quantitative estimate of drug-likeness (QED) is 0.695. The van der Waals surface area contributed by atoms with E-state index in [1.54, 1.807) is 13.8 Å². The minimum Gasteiger partial charge on any atom is -0.480 e. The van der Waals surface area contributed by atoms with Gasteiger partial charge >= 0.3 is 17.9 Å². The fraction of sp³-hybridized carbons (Fsp3) is 0.750. The highest BCUT2D eigenvalue weighted by Gasteiger charge is 2.49. The van der Waals surface area contributed by atoms with Crippen molar-refractivity contribution in [1.29, 1.82) is 0 Å². The Morgan fingerprint density at radius 1 is 1.37 bits per heavy atom. The SMILES string of the molecule is CCC1(CC)C(=O)OCCC(C(=O)O)N1CC(=O)O. The van der Waals surface area contributed by atoms with Crippen molar-refractivity contribution in [2.24, 2.45) is 0 Å². The summed E-state index contributed by atoms with van der Waals surface area (Å²) in [5.41, 5.74) is -1.18. The summed E-state index contributed by atoms with van der Waals surface area (Å²) < 4.78 is 5.06. The summed E-state index contributed by atoms with van der Waals surface area (Å²) >= 11 is 0. The van der Waals surface area contributed by atoms with E-state index < -0.39 is 36.0 Å². The van der Waals surface area contributed by atoms with E-state index in [2.05, 4.69) is 0 Å². The zero-order valence-electron chi connectivity index (χ0n) is 11.1. The second-order valence-electron chi connectivity index (χ2n) is 4.54. The minimum atomic E-state index is -1.18. The van der Waals surface area contributed by atoms with Crippen LogP contribution in [-0.2, 0) is 19.1 Å². The lowest BCUT2D eigenvalue weighted by molar-refractivity contribution is -0.161. The topological polar surface area (TPSA) is 104 Å². The third-order valence-electron chi connectivity index (χ3n) is 3.69. The normalized spacial score (nSPS) is 23.5. The highest BCUT2D eigenvalue weighted by atomic mass is 16.5. The van der Waals surface area contributed by atoms with Crippen LogP contribution in [0.25, 0.3) is 0 Å². The van der Waals surface area contributed by atoms with Crippen LogP contribution in [0.1, 0.15) is 33.1 Å². The number of carbonyl (C=O) groups is 3. The van der Waals surface area contributed by atoms with Crippen LogP contribution in [0.3, 0.4) is 0 Å². The van der Waals surface area contributed by atoms with E-state index in [-0.39, 0.29) is 13.0 Å². The summed E-state index contributed by atoms with van der Waals surface area (Å²) in [6, 6.07) is -1.03. The first-order valence-corrected chi connectivity index (χ1v) is 6.27. The standard InChI is InChI=1S/C12H19NO6/c1-3-12(4-2)11(18)19-6-5-8(10(16)17)13(12)7-9(14)15/h8H,3-7H2,1-2H3,(H,14,15)(H,16,17). The van der Waals surface area contributed by atoms with E-state index in [4.69, 9.17) is 9.84 Å². The molecule has 0 radical (unpaired) electrons. The van der Waals surface area contributed by atoms with Crippen molar-refractivity contribution in [2.75, 3.05) is 13.2 Å². The highest BCUT2D eigenvalue weighted by molar-refractivity contribution is 5.85. The Labute approximate surface area is 111 Å². The first-order chi connectivity index (χ1) is 8.89. The molecule has 0 aromatic carbocycles. The molecule has 1 unspecified atom stereocenters. The molecule has 0 bridgehead atoms. The van der Waals surface area contributed by atoms with E-state index in [0.717, 1.165) is 0 Å². The Bertz CT molecular complexity index is 376. The fourth-order valence-electron chi connectivity index (χ4n) is 2.58. The van der Waals surface area contributed by atoms with E-state index in [1.807, 2.05) is 0 Å². The van der Waals surface area contributed by atoms with Gasteiger partial charge in [-0.1, -0.05) is 13.8 Å². The Balaban J connectivity index is 3.26.